The van der Waals surface area contributed by atoms with Gasteiger partial charge in [0.05, 0.1) is 6.20 Å². The van der Waals surface area contributed by atoms with E-state index < -0.39 is 18.2 Å². The topological polar surface area (TPSA) is 95.6 Å². The molecule has 0 radical (unpaired) electrons. The van der Waals surface area contributed by atoms with Crippen LogP contribution >= 0.6 is 0 Å². The van der Waals surface area contributed by atoms with Crippen LogP contribution in [0.2, 0.25) is 0 Å². The number of carboxylic acids is 1. The second-order valence-electron chi connectivity index (χ2n) is 3.58. The van der Waals surface area contributed by atoms with Gasteiger partial charge in [-0.3, -0.25) is 4.68 Å². The van der Waals surface area contributed by atoms with Gasteiger partial charge in [0.15, 0.2) is 6.10 Å². The molecule has 1 aromatic heterocycles. The van der Waals surface area contributed by atoms with Crippen LogP contribution < -0.4 is 0 Å². The summed E-state index contributed by atoms with van der Waals surface area (Å²) in [5.74, 6) is -1.46. The Morgan fingerprint density at radius 1 is 1.47 bits per heavy atom. The molecule has 0 aliphatic heterocycles. The number of aliphatic hydroxyl groups excluding tert-OH is 2. The van der Waals surface area contributed by atoms with Gasteiger partial charge in [0.1, 0.15) is 6.10 Å². The van der Waals surface area contributed by atoms with E-state index in [1.807, 2.05) is 13.8 Å². The lowest BCUT2D eigenvalue weighted by atomic mass is 10.1. The third-order valence-electron chi connectivity index (χ3n) is 2.04. The molecule has 1 rings (SSSR count). The van der Waals surface area contributed by atoms with Gasteiger partial charge < -0.3 is 15.3 Å². The van der Waals surface area contributed by atoms with Gasteiger partial charge in [-0.2, -0.15) is 5.10 Å². The Balaban J connectivity index is 2.82. The summed E-state index contributed by atoms with van der Waals surface area (Å²) in [5.41, 5.74) is 0.290. The summed E-state index contributed by atoms with van der Waals surface area (Å²) < 4.78 is 1.58. The maximum atomic E-state index is 10.4. The second kappa shape index (κ2) is 4.41. The molecule has 84 valence electrons. The number of rotatable bonds is 4. The minimum absolute atomic E-state index is 0.118. The number of aliphatic carboxylic acids is 1. The molecule has 0 aliphatic rings. The van der Waals surface area contributed by atoms with Crippen LogP contribution in [0.3, 0.4) is 0 Å². The molecule has 2 unspecified atom stereocenters. The summed E-state index contributed by atoms with van der Waals surface area (Å²) in [6, 6.07) is 0.118. The number of hydrogen-bond donors (Lipinski definition) is 3. The Kier molecular flexibility index (Phi) is 3.43. The van der Waals surface area contributed by atoms with Crippen molar-refractivity contribution in [2.75, 3.05) is 0 Å². The molecule has 1 aromatic rings. The molecule has 3 N–H and O–H groups in total. The number of hydrogen-bond acceptors (Lipinski definition) is 4. The number of nitrogens with zero attached hydrogens (tertiary/aromatic N) is 2. The van der Waals surface area contributed by atoms with Crippen molar-refractivity contribution in [1.29, 1.82) is 0 Å². The van der Waals surface area contributed by atoms with Crippen LogP contribution in [-0.4, -0.2) is 37.2 Å². The van der Waals surface area contributed by atoms with Crippen molar-refractivity contribution in [3.05, 3.63) is 18.0 Å². The van der Waals surface area contributed by atoms with Crippen molar-refractivity contribution in [3.63, 3.8) is 0 Å². The third kappa shape index (κ3) is 2.54. The van der Waals surface area contributed by atoms with Gasteiger partial charge in [0.2, 0.25) is 0 Å². The van der Waals surface area contributed by atoms with Gasteiger partial charge in [-0.1, -0.05) is 0 Å². The Bertz CT molecular complexity index is 348. The summed E-state index contributed by atoms with van der Waals surface area (Å²) in [6.07, 6.45) is -0.414. The van der Waals surface area contributed by atoms with Crippen LogP contribution in [0, 0.1) is 0 Å². The van der Waals surface area contributed by atoms with Crippen LogP contribution in [0.15, 0.2) is 12.4 Å². The SMILES string of the molecule is CC(C)n1cc(C(O)C(O)C(=O)O)cn1. The first-order valence-corrected chi connectivity index (χ1v) is 4.56. The Labute approximate surface area is 86.8 Å². The van der Waals surface area contributed by atoms with Crippen LogP contribution in [-0.2, 0) is 4.79 Å². The summed E-state index contributed by atoms with van der Waals surface area (Å²) in [4.78, 5) is 10.4. The Morgan fingerprint density at radius 3 is 2.47 bits per heavy atom. The molecule has 0 bridgehead atoms. The highest BCUT2D eigenvalue weighted by molar-refractivity contribution is 5.72. The standard InChI is InChI=1S/C9H14N2O4/c1-5(2)11-4-6(3-10-11)7(12)8(13)9(14)15/h3-5,7-8,12-13H,1-2H3,(H,14,15). The molecular weight excluding hydrogens is 200 g/mol. The minimum Gasteiger partial charge on any atom is -0.479 e. The number of aromatic nitrogens is 2. The summed E-state index contributed by atoms with van der Waals surface area (Å²) in [5, 5.41) is 31.0. The normalized spacial score (nSPS) is 15.3. The molecule has 0 amide bonds. The number of aliphatic hydroxyl groups is 2. The molecule has 0 aromatic carbocycles. The smallest absolute Gasteiger partial charge is 0.335 e. The predicted molar refractivity (Wildman–Crippen MR) is 51.2 cm³/mol. The van der Waals surface area contributed by atoms with Gasteiger partial charge >= 0.3 is 5.97 Å². The molecular formula is C9H14N2O4. The third-order valence-corrected chi connectivity index (χ3v) is 2.04. The lowest BCUT2D eigenvalue weighted by Crippen LogP contribution is -2.27. The quantitative estimate of drug-likeness (QED) is 0.652. The van der Waals surface area contributed by atoms with Gasteiger partial charge in [-0.05, 0) is 13.8 Å². The van der Waals surface area contributed by atoms with Crippen LogP contribution in [0.5, 0.6) is 0 Å². The monoisotopic (exact) mass is 214 g/mol. The fraction of sp³-hybridized carbons (Fsp3) is 0.556. The Morgan fingerprint density at radius 2 is 2.07 bits per heavy atom. The van der Waals surface area contributed by atoms with Crippen molar-refractivity contribution in [2.45, 2.75) is 32.1 Å². The molecule has 15 heavy (non-hydrogen) atoms. The van der Waals surface area contributed by atoms with Gasteiger partial charge in [0.25, 0.3) is 0 Å². The minimum atomic E-state index is -1.82. The van der Waals surface area contributed by atoms with Crippen LogP contribution in [0.4, 0.5) is 0 Å². The lowest BCUT2D eigenvalue weighted by molar-refractivity contribution is -0.153. The van der Waals surface area contributed by atoms with E-state index in [9.17, 15) is 9.90 Å². The van der Waals surface area contributed by atoms with E-state index in [1.165, 1.54) is 12.4 Å². The molecule has 2 atom stereocenters. The van der Waals surface area contributed by atoms with Crippen molar-refractivity contribution in [2.24, 2.45) is 0 Å². The van der Waals surface area contributed by atoms with E-state index in [2.05, 4.69) is 5.10 Å². The highest BCUT2D eigenvalue weighted by Crippen LogP contribution is 2.17. The zero-order chi connectivity index (χ0) is 11.6. The maximum Gasteiger partial charge on any atom is 0.335 e. The van der Waals surface area contributed by atoms with E-state index >= 15 is 0 Å². The van der Waals surface area contributed by atoms with E-state index in [0.717, 1.165) is 0 Å². The summed E-state index contributed by atoms with van der Waals surface area (Å²) in [6.45, 7) is 3.80. The van der Waals surface area contributed by atoms with Gasteiger partial charge in [-0.15, -0.1) is 0 Å². The first-order chi connectivity index (χ1) is 6.93. The van der Waals surface area contributed by atoms with Crippen molar-refractivity contribution in [1.82, 2.24) is 9.78 Å². The largest absolute Gasteiger partial charge is 0.479 e. The molecule has 0 spiro atoms. The second-order valence-corrected chi connectivity index (χ2v) is 3.58. The predicted octanol–water partition coefficient (Wildman–Crippen LogP) is -0.0571. The molecule has 0 saturated heterocycles. The summed E-state index contributed by atoms with van der Waals surface area (Å²) in [7, 11) is 0. The van der Waals surface area contributed by atoms with Gasteiger partial charge in [-0.25, -0.2) is 4.79 Å². The van der Waals surface area contributed by atoms with E-state index in [0.29, 0.717) is 5.56 Å². The van der Waals surface area contributed by atoms with Crippen molar-refractivity contribution in [3.8, 4) is 0 Å². The van der Waals surface area contributed by atoms with Crippen molar-refractivity contribution >= 4 is 5.97 Å². The highest BCUT2D eigenvalue weighted by atomic mass is 16.4. The molecule has 6 heteroatoms. The fourth-order valence-electron chi connectivity index (χ4n) is 1.11. The lowest BCUT2D eigenvalue weighted by Gasteiger charge is -2.11. The van der Waals surface area contributed by atoms with Crippen molar-refractivity contribution < 1.29 is 20.1 Å². The highest BCUT2D eigenvalue weighted by Gasteiger charge is 2.26. The zero-order valence-electron chi connectivity index (χ0n) is 8.53. The summed E-state index contributed by atoms with van der Waals surface area (Å²) >= 11 is 0. The average Bonchev–Trinajstić information content (AvgIpc) is 2.64. The maximum absolute atomic E-state index is 10.4. The van der Waals surface area contributed by atoms with E-state index in [-0.39, 0.29) is 6.04 Å². The molecule has 1 heterocycles. The first kappa shape index (κ1) is 11.7. The van der Waals surface area contributed by atoms with Crippen LogP contribution in [0.25, 0.3) is 0 Å². The first-order valence-electron chi connectivity index (χ1n) is 4.56. The van der Waals surface area contributed by atoms with E-state index in [1.54, 1.807) is 4.68 Å². The number of carboxylic acid groups (broad SMARTS) is 1. The molecule has 0 saturated carbocycles. The number of carbonyl (C=O) groups is 1. The molecule has 0 fully saturated rings. The van der Waals surface area contributed by atoms with E-state index in [4.69, 9.17) is 10.2 Å². The average molecular weight is 214 g/mol. The fourth-order valence-corrected chi connectivity index (χ4v) is 1.11. The zero-order valence-corrected chi connectivity index (χ0v) is 8.53. The van der Waals surface area contributed by atoms with Gasteiger partial charge in [0, 0.05) is 17.8 Å². The molecule has 0 aliphatic carbocycles. The molecule has 6 nitrogen and oxygen atoms in total. The Hall–Kier alpha value is -1.40. The van der Waals surface area contributed by atoms with Crippen LogP contribution in [0.1, 0.15) is 31.6 Å².